The fourth-order valence-corrected chi connectivity index (χ4v) is 2.00. The first-order valence-corrected chi connectivity index (χ1v) is 8.00. The van der Waals surface area contributed by atoms with Crippen molar-refractivity contribution in [1.29, 1.82) is 0 Å². The molecule has 0 aliphatic carbocycles. The largest absolute Gasteiger partial charge is 0.493 e. The number of carbonyl (C=O) groups is 2. The molecule has 0 unspecified atom stereocenters. The van der Waals surface area contributed by atoms with Crippen molar-refractivity contribution in [3.05, 3.63) is 22.7 Å². The van der Waals surface area contributed by atoms with Crippen LogP contribution in [-0.2, 0) is 4.74 Å². The van der Waals surface area contributed by atoms with E-state index in [1.54, 1.807) is 6.92 Å². The summed E-state index contributed by atoms with van der Waals surface area (Å²) >= 11 is 6.19. The van der Waals surface area contributed by atoms with Crippen LogP contribution in [0.15, 0.2) is 12.1 Å². The van der Waals surface area contributed by atoms with Gasteiger partial charge >= 0.3 is 6.09 Å². The molecular weight excluding hydrogens is 336 g/mol. The Morgan fingerprint density at radius 3 is 2.54 bits per heavy atom. The van der Waals surface area contributed by atoms with Crippen LogP contribution in [0.4, 0.5) is 4.79 Å². The van der Waals surface area contributed by atoms with Gasteiger partial charge in [0.1, 0.15) is 0 Å². The first-order chi connectivity index (χ1) is 11.4. The van der Waals surface area contributed by atoms with Crippen LogP contribution in [-0.4, -0.2) is 32.3 Å². The molecule has 2 amide bonds. The van der Waals surface area contributed by atoms with E-state index in [0.717, 1.165) is 6.42 Å². The molecule has 8 heteroatoms. The van der Waals surface area contributed by atoms with Crippen LogP contribution >= 0.6 is 11.6 Å². The average Bonchev–Trinajstić information content (AvgIpc) is 2.53. The molecule has 1 aromatic rings. The number of ether oxygens (including phenoxy) is 3. The highest BCUT2D eigenvalue weighted by Gasteiger charge is 2.16. The first-order valence-electron chi connectivity index (χ1n) is 7.62. The lowest BCUT2D eigenvalue weighted by Crippen LogP contribution is -2.41. The van der Waals surface area contributed by atoms with Gasteiger partial charge in [0.25, 0.3) is 5.91 Å². The summed E-state index contributed by atoms with van der Waals surface area (Å²) in [4.78, 5) is 23.2. The van der Waals surface area contributed by atoms with E-state index < -0.39 is 12.0 Å². The van der Waals surface area contributed by atoms with Crippen molar-refractivity contribution in [3.8, 4) is 11.5 Å². The van der Waals surface area contributed by atoms with Gasteiger partial charge in [-0.1, -0.05) is 25.4 Å². The SMILES string of the molecule is CCOC(=O)NNC(=O)c1cc(Cl)c(OCCC(C)C)c(OC)c1. The van der Waals surface area contributed by atoms with E-state index in [1.807, 2.05) is 0 Å². The maximum atomic E-state index is 12.1. The second-order valence-electron chi connectivity index (χ2n) is 5.32. The highest BCUT2D eigenvalue weighted by atomic mass is 35.5. The first kappa shape index (κ1) is 19.9. The predicted molar refractivity (Wildman–Crippen MR) is 90.6 cm³/mol. The Morgan fingerprint density at radius 1 is 1.25 bits per heavy atom. The van der Waals surface area contributed by atoms with Gasteiger partial charge in [-0.05, 0) is 31.4 Å². The molecule has 0 atom stereocenters. The number of amides is 2. The van der Waals surface area contributed by atoms with Gasteiger partial charge in [-0.3, -0.25) is 10.2 Å². The van der Waals surface area contributed by atoms with E-state index in [4.69, 9.17) is 21.1 Å². The molecule has 134 valence electrons. The zero-order valence-corrected chi connectivity index (χ0v) is 15.0. The van der Waals surface area contributed by atoms with E-state index in [9.17, 15) is 9.59 Å². The normalized spacial score (nSPS) is 10.2. The highest BCUT2D eigenvalue weighted by Crippen LogP contribution is 2.36. The lowest BCUT2D eigenvalue weighted by molar-refractivity contribution is 0.0912. The quantitative estimate of drug-likeness (QED) is 0.731. The summed E-state index contributed by atoms with van der Waals surface area (Å²) in [6.07, 6.45) is 0.114. The van der Waals surface area contributed by atoms with Crippen LogP contribution in [0.2, 0.25) is 5.02 Å². The molecule has 7 nitrogen and oxygen atoms in total. The molecule has 0 radical (unpaired) electrons. The van der Waals surface area contributed by atoms with E-state index in [0.29, 0.717) is 24.0 Å². The van der Waals surface area contributed by atoms with E-state index in [-0.39, 0.29) is 17.2 Å². The molecule has 0 bridgehead atoms. The van der Waals surface area contributed by atoms with Crippen molar-refractivity contribution >= 4 is 23.6 Å². The fourth-order valence-electron chi connectivity index (χ4n) is 1.73. The Kier molecular flexibility index (Phi) is 8.18. The number of hydrogen-bond donors (Lipinski definition) is 2. The minimum Gasteiger partial charge on any atom is -0.493 e. The Morgan fingerprint density at radius 2 is 1.96 bits per heavy atom. The monoisotopic (exact) mass is 358 g/mol. The fraction of sp³-hybridized carbons (Fsp3) is 0.500. The zero-order valence-electron chi connectivity index (χ0n) is 14.3. The zero-order chi connectivity index (χ0) is 18.1. The Bertz CT molecular complexity index is 578. The van der Waals surface area contributed by atoms with E-state index in [2.05, 4.69) is 29.4 Å². The van der Waals surface area contributed by atoms with Gasteiger partial charge in [0.05, 0.1) is 25.3 Å². The number of halogens is 1. The van der Waals surface area contributed by atoms with Gasteiger partial charge in [0.2, 0.25) is 0 Å². The molecular formula is C16H23ClN2O5. The molecule has 0 heterocycles. The van der Waals surface area contributed by atoms with Crippen molar-refractivity contribution in [3.63, 3.8) is 0 Å². The topological polar surface area (TPSA) is 85.9 Å². The third kappa shape index (κ3) is 6.16. The Balaban J connectivity index is 2.81. The van der Waals surface area contributed by atoms with Gasteiger partial charge in [-0.25, -0.2) is 10.2 Å². The summed E-state index contributed by atoms with van der Waals surface area (Å²) in [5.74, 6) is 0.660. The van der Waals surface area contributed by atoms with Crippen molar-refractivity contribution in [2.45, 2.75) is 27.2 Å². The smallest absolute Gasteiger partial charge is 0.426 e. The standard InChI is InChI=1S/C16H23ClN2O5/c1-5-23-16(21)19-18-15(20)11-8-12(17)14(13(9-11)22-4)24-7-6-10(2)3/h8-10H,5-7H2,1-4H3,(H,18,20)(H,19,21). The molecule has 2 N–H and O–H groups in total. The molecule has 0 spiro atoms. The number of nitrogens with one attached hydrogen (secondary N) is 2. The molecule has 1 aromatic carbocycles. The lowest BCUT2D eigenvalue weighted by Gasteiger charge is -2.15. The molecule has 24 heavy (non-hydrogen) atoms. The highest BCUT2D eigenvalue weighted by molar-refractivity contribution is 6.32. The molecule has 0 saturated carbocycles. The molecule has 0 aliphatic rings. The molecule has 0 aliphatic heterocycles. The van der Waals surface area contributed by atoms with Gasteiger partial charge in [-0.15, -0.1) is 0 Å². The third-order valence-corrected chi connectivity index (χ3v) is 3.27. The van der Waals surface area contributed by atoms with Gasteiger partial charge < -0.3 is 14.2 Å². The summed E-state index contributed by atoms with van der Waals surface area (Å²) in [5.41, 5.74) is 4.56. The summed E-state index contributed by atoms with van der Waals surface area (Å²) in [6, 6.07) is 2.93. The second-order valence-corrected chi connectivity index (χ2v) is 5.73. The summed E-state index contributed by atoms with van der Waals surface area (Å²) < 4.78 is 15.5. The van der Waals surface area contributed by atoms with Gasteiger partial charge in [0.15, 0.2) is 11.5 Å². The predicted octanol–water partition coefficient (Wildman–Crippen LogP) is 3.16. The van der Waals surface area contributed by atoms with Crippen LogP contribution < -0.4 is 20.3 Å². The van der Waals surface area contributed by atoms with Crippen molar-refractivity contribution in [2.75, 3.05) is 20.3 Å². The van der Waals surface area contributed by atoms with Gasteiger partial charge in [0, 0.05) is 5.56 Å². The van der Waals surface area contributed by atoms with Crippen LogP contribution in [0.5, 0.6) is 11.5 Å². The number of benzene rings is 1. The summed E-state index contributed by atoms with van der Waals surface area (Å²) in [6.45, 7) is 6.52. The average molecular weight is 359 g/mol. The van der Waals surface area contributed by atoms with Crippen LogP contribution in [0.3, 0.4) is 0 Å². The number of hydrazine groups is 1. The summed E-state index contributed by atoms with van der Waals surface area (Å²) in [7, 11) is 1.46. The van der Waals surface area contributed by atoms with Crippen molar-refractivity contribution in [2.24, 2.45) is 5.92 Å². The maximum absolute atomic E-state index is 12.1. The number of methoxy groups -OCH3 is 1. The molecule has 0 saturated heterocycles. The van der Waals surface area contributed by atoms with Crippen LogP contribution in [0.1, 0.15) is 37.6 Å². The molecule has 0 fully saturated rings. The number of carbonyl (C=O) groups excluding carboxylic acids is 2. The maximum Gasteiger partial charge on any atom is 0.426 e. The van der Waals surface area contributed by atoms with Gasteiger partial charge in [-0.2, -0.15) is 0 Å². The third-order valence-electron chi connectivity index (χ3n) is 2.99. The Hall–Kier alpha value is -2.15. The van der Waals surface area contributed by atoms with E-state index in [1.165, 1.54) is 19.2 Å². The van der Waals surface area contributed by atoms with E-state index >= 15 is 0 Å². The lowest BCUT2D eigenvalue weighted by atomic mass is 10.1. The minimum atomic E-state index is -0.752. The number of rotatable bonds is 7. The second kappa shape index (κ2) is 9.87. The van der Waals surface area contributed by atoms with Crippen LogP contribution in [0.25, 0.3) is 0 Å². The van der Waals surface area contributed by atoms with Crippen molar-refractivity contribution in [1.82, 2.24) is 10.9 Å². The summed E-state index contributed by atoms with van der Waals surface area (Å²) in [5, 5.41) is 0.249. The molecule has 0 aromatic heterocycles. The molecule has 1 rings (SSSR count). The minimum absolute atomic E-state index is 0.198. The van der Waals surface area contributed by atoms with Crippen LogP contribution in [0, 0.1) is 5.92 Å². The number of hydrogen-bond acceptors (Lipinski definition) is 5. The Labute approximate surface area is 146 Å². The van der Waals surface area contributed by atoms with Crippen molar-refractivity contribution < 1.29 is 23.8 Å².